The van der Waals surface area contributed by atoms with E-state index in [4.69, 9.17) is 10.5 Å². The van der Waals surface area contributed by atoms with Gasteiger partial charge in [0, 0.05) is 0 Å². The van der Waals surface area contributed by atoms with E-state index in [0.29, 0.717) is 6.61 Å². The number of nitrogens with two attached hydrogens (primary N) is 2. The van der Waals surface area contributed by atoms with Crippen LogP contribution in [0.4, 0.5) is 4.79 Å². The molecule has 1 aliphatic rings. The Balaban J connectivity index is 0. The highest BCUT2D eigenvalue weighted by molar-refractivity contribution is 7.96. The molecule has 5 nitrogen and oxygen atoms in total. The van der Waals surface area contributed by atoms with Crippen LogP contribution >= 0.6 is 24.8 Å². The summed E-state index contributed by atoms with van der Waals surface area (Å²) >= 11 is 7.47. The fraction of sp³-hybridized carbons (Fsp3) is 0.556. The summed E-state index contributed by atoms with van der Waals surface area (Å²) in [5, 5.41) is 2.65. The van der Waals surface area contributed by atoms with Gasteiger partial charge >= 0.3 is 0 Å². The molecular weight excluding hydrogens is 246 g/mol. The highest BCUT2D eigenvalue weighted by Gasteiger charge is 1.93. The van der Waals surface area contributed by atoms with Gasteiger partial charge in [0.15, 0.2) is 0 Å². The topological polar surface area (TPSA) is 90.4 Å². The molecule has 0 aromatic rings. The Hall–Kier alpha value is -0.790. The zero-order valence-corrected chi connectivity index (χ0v) is 10.9. The van der Waals surface area contributed by atoms with Gasteiger partial charge in [-0.1, -0.05) is 25.3 Å². The SMILES string of the molecule is C1CCNC1.C=CCOC(N)=S.NC(=O)S. The maximum atomic E-state index is 9.09. The molecule has 0 unspecified atom stereocenters. The molecule has 1 saturated heterocycles. The molecule has 1 rings (SSSR count). The van der Waals surface area contributed by atoms with Crippen LogP contribution in [0.15, 0.2) is 12.7 Å². The number of ether oxygens (including phenoxy) is 1. The zero-order chi connectivity index (χ0) is 12.8. The van der Waals surface area contributed by atoms with Crippen LogP contribution in [0.3, 0.4) is 0 Å². The fourth-order valence-corrected chi connectivity index (χ4v) is 0.834. The summed E-state index contributed by atoms with van der Waals surface area (Å²) in [6.07, 6.45) is 4.36. The van der Waals surface area contributed by atoms with Gasteiger partial charge in [0.2, 0.25) is 0 Å². The van der Waals surface area contributed by atoms with Gasteiger partial charge in [0.25, 0.3) is 10.4 Å². The first-order chi connectivity index (χ1) is 7.50. The van der Waals surface area contributed by atoms with Crippen molar-refractivity contribution in [3.8, 4) is 0 Å². The molecular formula is C9H19N3O2S2. The van der Waals surface area contributed by atoms with Gasteiger partial charge in [-0.05, 0) is 38.1 Å². The second-order valence-electron chi connectivity index (χ2n) is 2.71. The number of carbonyl (C=O) groups is 1. The number of hydrogen-bond acceptors (Lipinski definition) is 4. The zero-order valence-electron chi connectivity index (χ0n) is 9.15. The van der Waals surface area contributed by atoms with Crippen LogP contribution < -0.4 is 16.8 Å². The minimum Gasteiger partial charge on any atom is -0.467 e. The molecule has 1 aliphatic heterocycles. The van der Waals surface area contributed by atoms with Crippen LogP contribution in [0.25, 0.3) is 0 Å². The number of thiocarbonyl (C=S) groups is 1. The third-order valence-electron chi connectivity index (χ3n) is 1.30. The summed E-state index contributed by atoms with van der Waals surface area (Å²) in [5.41, 5.74) is 9.28. The molecule has 0 spiro atoms. The molecule has 0 saturated carbocycles. The lowest BCUT2D eigenvalue weighted by Crippen LogP contribution is -2.11. The summed E-state index contributed by atoms with van der Waals surface area (Å²) in [6.45, 7) is 6.29. The van der Waals surface area contributed by atoms with Crippen LogP contribution in [0, 0.1) is 0 Å². The molecule has 1 heterocycles. The van der Waals surface area contributed by atoms with Gasteiger partial charge in [-0.2, -0.15) is 0 Å². The lowest BCUT2D eigenvalue weighted by Gasteiger charge is -1.94. The van der Waals surface area contributed by atoms with Crippen LogP contribution in [-0.2, 0) is 4.74 Å². The van der Waals surface area contributed by atoms with E-state index in [9.17, 15) is 0 Å². The lowest BCUT2D eigenvalue weighted by molar-refractivity contribution is 0.267. The van der Waals surface area contributed by atoms with Crippen LogP contribution in [0.1, 0.15) is 12.8 Å². The number of rotatable bonds is 2. The molecule has 0 atom stereocenters. The van der Waals surface area contributed by atoms with E-state index >= 15 is 0 Å². The van der Waals surface area contributed by atoms with E-state index in [2.05, 4.69) is 47.2 Å². The first-order valence-electron chi connectivity index (χ1n) is 4.73. The van der Waals surface area contributed by atoms with E-state index in [1.807, 2.05) is 0 Å². The van der Waals surface area contributed by atoms with Gasteiger partial charge < -0.3 is 21.5 Å². The van der Waals surface area contributed by atoms with E-state index in [1.54, 1.807) is 6.08 Å². The monoisotopic (exact) mass is 265 g/mol. The average molecular weight is 265 g/mol. The van der Waals surface area contributed by atoms with Gasteiger partial charge in [-0.15, -0.1) is 0 Å². The van der Waals surface area contributed by atoms with Crippen molar-refractivity contribution in [1.82, 2.24) is 5.32 Å². The first-order valence-corrected chi connectivity index (χ1v) is 5.58. The van der Waals surface area contributed by atoms with E-state index in [0.717, 1.165) is 0 Å². The van der Waals surface area contributed by atoms with Gasteiger partial charge in [-0.25, -0.2) is 0 Å². The third-order valence-corrected chi connectivity index (χ3v) is 1.42. The summed E-state index contributed by atoms with van der Waals surface area (Å²) in [5.74, 6) is 0. The summed E-state index contributed by atoms with van der Waals surface area (Å²) in [4.78, 5) is 9.09. The van der Waals surface area contributed by atoms with Crippen molar-refractivity contribution >= 4 is 35.3 Å². The summed E-state index contributed by atoms with van der Waals surface area (Å²) < 4.78 is 4.58. The predicted molar refractivity (Wildman–Crippen MR) is 73.6 cm³/mol. The van der Waals surface area contributed by atoms with Crippen LogP contribution in [0.5, 0.6) is 0 Å². The normalized spacial score (nSPS) is 12.3. The van der Waals surface area contributed by atoms with Crippen LogP contribution in [-0.4, -0.2) is 30.1 Å². The Kier molecular flexibility index (Phi) is 15.6. The summed E-state index contributed by atoms with van der Waals surface area (Å²) in [6, 6.07) is 0. The van der Waals surface area contributed by atoms with Crippen molar-refractivity contribution in [2.24, 2.45) is 11.5 Å². The number of hydrogen-bond donors (Lipinski definition) is 4. The smallest absolute Gasteiger partial charge is 0.273 e. The molecule has 1 fully saturated rings. The molecule has 16 heavy (non-hydrogen) atoms. The molecule has 1 amide bonds. The molecule has 0 aromatic carbocycles. The third kappa shape index (κ3) is 29.2. The van der Waals surface area contributed by atoms with E-state index < -0.39 is 5.24 Å². The van der Waals surface area contributed by atoms with Crippen molar-refractivity contribution in [2.75, 3.05) is 19.7 Å². The highest BCUT2D eigenvalue weighted by Crippen LogP contribution is 1.90. The number of primary amides is 1. The van der Waals surface area contributed by atoms with Gasteiger partial charge in [0.05, 0.1) is 0 Å². The predicted octanol–water partition coefficient (Wildman–Crippen LogP) is 0.797. The van der Waals surface area contributed by atoms with Crippen molar-refractivity contribution in [3.63, 3.8) is 0 Å². The van der Waals surface area contributed by atoms with Crippen molar-refractivity contribution in [1.29, 1.82) is 0 Å². The average Bonchev–Trinajstić information content (AvgIpc) is 2.71. The number of thiol groups is 1. The number of amides is 1. The largest absolute Gasteiger partial charge is 0.467 e. The Morgan fingerprint density at radius 1 is 1.50 bits per heavy atom. The van der Waals surface area contributed by atoms with E-state index in [1.165, 1.54) is 25.9 Å². The Morgan fingerprint density at radius 2 is 1.94 bits per heavy atom. The number of carbonyl (C=O) groups excluding carboxylic acids is 1. The lowest BCUT2D eigenvalue weighted by atomic mass is 10.4. The summed E-state index contributed by atoms with van der Waals surface area (Å²) in [7, 11) is 0. The Bertz CT molecular complexity index is 197. The van der Waals surface area contributed by atoms with Crippen molar-refractivity contribution in [2.45, 2.75) is 12.8 Å². The van der Waals surface area contributed by atoms with Gasteiger partial charge in [-0.3, -0.25) is 4.79 Å². The molecule has 0 radical (unpaired) electrons. The standard InChI is InChI=1S/C4H7NOS.C4H9N.CH3NOS/c1-2-3-6-4(5)7;1-2-4-5-3-1;2-1(3)4/h2H,1,3H2,(H2,5,7);5H,1-4H2;(H3,2,3,4). The second-order valence-corrected chi connectivity index (χ2v) is 3.56. The Morgan fingerprint density at radius 3 is 2.06 bits per heavy atom. The quantitative estimate of drug-likeness (QED) is 0.337. The van der Waals surface area contributed by atoms with E-state index in [-0.39, 0.29) is 5.17 Å². The second kappa shape index (κ2) is 14.2. The van der Waals surface area contributed by atoms with Crippen molar-refractivity contribution < 1.29 is 9.53 Å². The number of nitrogens with one attached hydrogen (secondary N) is 1. The maximum Gasteiger partial charge on any atom is 0.273 e. The van der Waals surface area contributed by atoms with Gasteiger partial charge in [0.1, 0.15) is 6.61 Å². The minimum absolute atomic E-state index is 0.0694. The highest BCUT2D eigenvalue weighted by atomic mass is 32.1. The molecule has 7 heteroatoms. The Labute approximate surface area is 107 Å². The molecule has 94 valence electrons. The molecule has 5 N–H and O–H groups in total. The molecule has 0 bridgehead atoms. The van der Waals surface area contributed by atoms with Crippen LogP contribution in [0.2, 0.25) is 0 Å². The minimum atomic E-state index is -0.639. The molecule has 0 aromatic heterocycles. The first kappa shape index (κ1) is 17.6. The van der Waals surface area contributed by atoms with Crippen molar-refractivity contribution in [3.05, 3.63) is 12.7 Å². The fourth-order valence-electron chi connectivity index (χ4n) is 0.766. The molecule has 0 aliphatic carbocycles. The maximum absolute atomic E-state index is 9.09.